The Morgan fingerprint density at radius 2 is 2.09 bits per heavy atom. The molecule has 1 unspecified atom stereocenters. The van der Waals surface area contributed by atoms with Crippen LogP contribution in [-0.4, -0.2) is 32.0 Å². The van der Waals surface area contributed by atoms with Crippen LogP contribution in [0.25, 0.3) is 0 Å². The largest absolute Gasteiger partial charge is 0.326 e. The fourth-order valence-electron chi connectivity index (χ4n) is 2.15. The number of halogens is 1. The van der Waals surface area contributed by atoms with Crippen LogP contribution in [-0.2, 0) is 19.8 Å². The summed E-state index contributed by atoms with van der Waals surface area (Å²) in [7, 11) is -4.75. The molecule has 1 aliphatic heterocycles. The van der Waals surface area contributed by atoms with Crippen molar-refractivity contribution in [1.82, 2.24) is 0 Å². The van der Waals surface area contributed by atoms with Gasteiger partial charge in [0.1, 0.15) is 5.25 Å². The Kier molecular flexibility index (Phi) is 4.50. The first kappa shape index (κ1) is 16.4. The highest BCUT2D eigenvalue weighted by Crippen LogP contribution is 2.27. The molecule has 0 radical (unpaired) electrons. The van der Waals surface area contributed by atoms with E-state index in [2.05, 4.69) is 5.32 Å². The van der Waals surface area contributed by atoms with Gasteiger partial charge in [0.2, 0.25) is 11.8 Å². The molecule has 1 atom stereocenters. The molecular formula is C14H17FN2O4S. The van der Waals surface area contributed by atoms with Crippen LogP contribution in [0.4, 0.5) is 15.3 Å². The van der Waals surface area contributed by atoms with Crippen molar-refractivity contribution in [3.05, 3.63) is 24.3 Å². The summed E-state index contributed by atoms with van der Waals surface area (Å²) in [4.78, 5) is 24.8. The lowest BCUT2D eigenvalue weighted by molar-refractivity contribution is -0.119. The van der Waals surface area contributed by atoms with Gasteiger partial charge in [-0.25, -0.2) is 0 Å². The number of amides is 2. The fraction of sp³-hybridized carbons (Fsp3) is 0.429. The van der Waals surface area contributed by atoms with E-state index in [0.29, 0.717) is 11.4 Å². The number of nitrogens with zero attached hydrogens (tertiary/aromatic N) is 1. The SMILES string of the molecule is CC(C)C(=O)Nc1cccc(N2CC(S(=O)(=O)F)CC2=O)c1. The van der Waals surface area contributed by atoms with Crippen molar-refractivity contribution in [1.29, 1.82) is 0 Å². The van der Waals surface area contributed by atoms with Gasteiger partial charge in [-0.15, -0.1) is 3.89 Å². The first-order chi connectivity index (χ1) is 10.2. The van der Waals surface area contributed by atoms with Crippen molar-refractivity contribution in [2.75, 3.05) is 16.8 Å². The van der Waals surface area contributed by atoms with E-state index in [1.165, 1.54) is 4.90 Å². The number of rotatable bonds is 4. The van der Waals surface area contributed by atoms with Crippen molar-refractivity contribution in [2.24, 2.45) is 5.92 Å². The Morgan fingerprint density at radius 1 is 1.41 bits per heavy atom. The van der Waals surface area contributed by atoms with E-state index in [9.17, 15) is 21.9 Å². The average molecular weight is 328 g/mol. The summed E-state index contributed by atoms with van der Waals surface area (Å²) in [6.07, 6.45) is -0.374. The number of hydrogen-bond donors (Lipinski definition) is 1. The first-order valence-corrected chi connectivity index (χ1v) is 8.28. The molecule has 1 N–H and O–H groups in total. The molecule has 1 fully saturated rings. The average Bonchev–Trinajstić information content (AvgIpc) is 2.81. The summed E-state index contributed by atoms with van der Waals surface area (Å²) in [5.41, 5.74) is 0.924. The normalized spacial score (nSPS) is 18.8. The van der Waals surface area contributed by atoms with Crippen molar-refractivity contribution in [3.63, 3.8) is 0 Å². The molecule has 2 amide bonds. The Bertz CT molecular complexity index is 703. The quantitative estimate of drug-likeness (QED) is 0.853. The van der Waals surface area contributed by atoms with Crippen molar-refractivity contribution < 1.29 is 21.9 Å². The third-order valence-electron chi connectivity index (χ3n) is 3.44. The van der Waals surface area contributed by atoms with E-state index >= 15 is 0 Å². The molecule has 0 aliphatic carbocycles. The van der Waals surface area contributed by atoms with Crippen molar-refractivity contribution in [2.45, 2.75) is 25.5 Å². The zero-order valence-electron chi connectivity index (χ0n) is 12.2. The van der Waals surface area contributed by atoms with Crippen molar-refractivity contribution >= 4 is 33.4 Å². The molecule has 0 spiro atoms. The minimum absolute atomic E-state index is 0.172. The summed E-state index contributed by atoms with van der Waals surface area (Å²) in [5, 5.41) is 1.35. The number of carbonyl (C=O) groups is 2. The van der Waals surface area contributed by atoms with E-state index in [1.807, 2.05) is 0 Å². The molecule has 22 heavy (non-hydrogen) atoms. The van der Waals surface area contributed by atoms with Gasteiger partial charge in [0, 0.05) is 30.3 Å². The summed E-state index contributed by atoms with van der Waals surface area (Å²) < 4.78 is 34.9. The molecule has 0 bridgehead atoms. The second-order valence-corrected chi connectivity index (χ2v) is 7.12. The van der Waals surface area contributed by atoms with Gasteiger partial charge in [-0.3, -0.25) is 9.59 Å². The van der Waals surface area contributed by atoms with E-state index < -0.39 is 21.4 Å². The van der Waals surface area contributed by atoms with Crippen LogP contribution < -0.4 is 10.2 Å². The Hall–Kier alpha value is -1.96. The minimum atomic E-state index is -4.75. The monoisotopic (exact) mass is 328 g/mol. The van der Waals surface area contributed by atoms with Gasteiger partial charge in [-0.2, -0.15) is 8.42 Å². The lowest BCUT2D eigenvalue weighted by Crippen LogP contribution is -2.27. The summed E-state index contributed by atoms with van der Waals surface area (Å²) >= 11 is 0. The van der Waals surface area contributed by atoms with Crippen molar-refractivity contribution in [3.8, 4) is 0 Å². The topological polar surface area (TPSA) is 83.6 Å². The van der Waals surface area contributed by atoms with Gasteiger partial charge in [0.15, 0.2) is 0 Å². The molecule has 2 rings (SSSR count). The van der Waals surface area contributed by atoms with E-state index in [1.54, 1.807) is 38.1 Å². The molecule has 120 valence electrons. The highest BCUT2D eigenvalue weighted by molar-refractivity contribution is 7.87. The highest BCUT2D eigenvalue weighted by atomic mass is 32.3. The molecule has 1 aromatic rings. The van der Waals surface area contributed by atoms with Crippen LogP contribution in [0.15, 0.2) is 24.3 Å². The van der Waals surface area contributed by atoms with Gasteiger partial charge >= 0.3 is 10.2 Å². The molecule has 1 aromatic carbocycles. The van der Waals surface area contributed by atoms with Gasteiger partial charge < -0.3 is 10.2 Å². The molecule has 8 heteroatoms. The maximum atomic E-state index is 13.0. The lowest BCUT2D eigenvalue weighted by atomic mass is 10.2. The lowest BCUT2D eigenvalue weighted by Gasteiger charge is -2.17. The first-order valence-electron chi connectivity index (χ1n) is 6.83. The molecule has 6 nitrogen and oxygen atoms in total. The minimum Gasteiger partial charge on any atom is -0.326 e. The Balaban J connectivity index is 2.20. The summed E-state index contributed by atoms with van der Waals surface area (Å²) in [6.45, 7) is 3.28. The molecule has 0 saturated carbocycles. The van der Waals surface area contributed by atoms with Crippen LogP contribution >= 0.6 is 0 Å². The molecule has 1 aliphatic rings. The number of nitrogens with one attached hydrogen (secondary N) is 1. The second kappa shape index (κ2) is 6.04. The van der Waals surface area contributed by atoms with Gasteiger partial charge in [-0.1, -0.05) is 19.9 Å². The van der Waals surface area contributed by atoms with Gasteiger partial charge in [0.25, 0.3) is 0 Å². The van der Waals surface area contributed by atoms with Crippen LogP contribution in [0.3, 0.4) is 0 Å². The van der Waals surface area contributed by atoms with E-state index in [4.69, 9.17) is 0 Å². The predicted molar refractivity (Wildman–Crippen MR) is 80.7 cm³/mol. The fourth-order valence-corrected chi connectivity index (χ4v) is 2.82. The maximum Gasteiger partial charge on any atom is 0.307 e. The molecule has 1 heterocycles. The predicted octanol–water partition coefficient (Wildman–Crippen LogP) is 1.69. The Morgan fingerprint density at radius 3 is 2.64 bits per heavy atom. The van der Waals surface area contributed by atoms with Crippen LogP contribution in [0.1, 0.15) is 20.3 Å². The standard InChI is InChI=1S/C14H17FN2O4S/c1-9(2)14(19)16-10-4-3-5-11(6-10)17-8-12(7-13(17)18)22(15,20)21/h3-6,9,12H,7-8H2,1-2H3,(H,16,19). The molecule has 0 aromatic heterocycles. The van der Waals surface area contributed by atoms with Crippen LogP contribution in [0.5, 0.6) is 0 Å². The maximum absolute atomic E-state index is 13.0. The number of hydrogen-bond acceptors (Lipinski definition) is 4. The van der Waals surface area contributed by atoms with Gasteiger partial charge in [-0.05, 0) is 18.2 Å². The summed E-state index contributed by atoms with van der Waals surface area (Å²) in [6, 6.07) is 6.46. The molecular weight excluding hydrogens is 311 g/mol. The highest BCUT2D eigenvalue weighted by Gasteiger charge is 2.39. The van der Waals surface area contributed by atoms with E-state index in [0.717, 1.165) is 0 Å². The number of carbonyl (C=O) groups excluding carboxylic acids is 2. The zero-order chi connectivity index (χ0) is 16.5. The number of anilines is 2. The Labute approximate surface area is 128 Å². The van der Waals surface area contributed by atoms with Crippen LogP contribution in [0.2, 0.25) is 0 Å². The third kappa shape index (κ3) is 3.62. The zero-order valence-corrected chi connectivity index (χ0v) is 13.1. The van der Waals surface area contributed by atoms with Gasteiger partial charge in [0.05, 0.1) is 0 Å². The second-order valence-electron chi connectivity index (χ2n) is 5.50. The molecule has 1 saturated heterocycles. The van der Waals surface area contributed by atoms with Crippen LogP contribution in [0, 0.1) is 5.92 Å². The smallest absolute Gasteiger partial charge is 0.307 e. The summed E-state index contributed by atoms with van der Waals surface area (Å²) in [5.74, 6) is -0.828. The number of benzene rings is 1. The third-order valence-corrected chi connectivity index (χ3v) is 4.55. The van der Waals surface area contributed by atoms with E-state index in [-0.39, 0.29) is 24.8 Å².